The molecular formula is C21H21N3O4S2. The summed E-state index contributed by atoms with van der Waals surface area (Å²) < 4.78 is 11.0. The summed E-state index contributed by atoms with van der Waals surface area (Å²) in [6, 6.07) is 13.0. The molecule has 0 saturated heterocycles. The number of rotatable bonds is 8. The fraction of sp³-hybridized carbons (Fsp3) is 0.238. The Balaban J connectivity index is 1.48. The van der Waals surface area contributed by atoms with Gasteiger partial charge in [-0.1, -0.05) is 47.4 Å². The summed E-state index contributed by atoms with van der Waals surface area (Å²) in [6.45, 7) is 3.81. The van der Waals surface area contributed by atoms with Crippen molar-refractivity contribution < 1.29 is 19.1 Å². The van der Waals surface area contributed by atoms with E-state index in [1.54, 1.807) is 12.1 Å². The predicted molar refractivity (Wildman–Crippen MR) is 117 cm³/mol. The first-order valence-corrected chi connectivity index (χ1v) is 10.9. The molecule has 7 nitrogen and oxygen atoms in total. The summed E-state index contributed by atoms with van der Waals surface area (Å²) >= 11 is 2.80. The fourth-order valence-electron chi connectivity index (χ4n) is 2.48. The molecule has 30 heavy (non-hydrogen) atoms. The maximum Gasteiger partial charge on any atom is 0.337 e. The maximum atomic E-state index is 12.1. The SMILES string of the molecule is COC(=O)c1ccc(CSc2nnc(NC(=O)COc3cc(C)ccc3C)s2)cc1. The summed E-state index contributed by atoms with van der Waals surface area (Å²) in [5, 5.41) is 11.2. The molecule has 156 valence electrons. The third kappa shape index (κ3) is 6.04. The topological polar surface area (TPSA) is 90.4 Å². The first-order valence-electron chi connectivity index (χ1n) is 9.08. The zero-order chi connectivity index (χ0) is 21.5. The number of nitrogens with one attached hydrogen (secondary N) is 1. The van der Waals surface area contributed by atoms with Gasteiger partial charge in [-0.25, -0.2) is 4.79 Å². The number of carbonyl (C=O) groups is 2. The minimum absolute atomic E-state index is 0.0983. The van der Waals surface area contributed by atoms with E-state index in [0.29, 0.717) is 22.2 Å². The lowest BCUT2D eigenvalue weighted by molar-refractivity contribution is -0.118. The maximum absolute atomic E-state index is 12.1. The standard InChI is InChI=1S/C21H21N3O4S2/c1-13-4-5-14(2)17(10-13)28-11-18(25)22-20-23-24-21(30-20)29-12-15-6-8-16(9-7-15)19(26)27-3/h4-10H,11-12H2,1-3H3,(H,22,23,25). The Morgan fingerprint density at radius 2 is 1.87 bits per heavy atom. The zero-order valence-corrected chi connectivity index (χ0v) is 18.4. The Morgan fingerprint density at radius 3 is 2.60 bits per heavy atom. The second-order valence-electron chi connectivity index (χ2n) is 6.46. The Hall–Kier alpha value is -2.91. The number of benzene rings is 2. The molecule has 0 saturated carbocycles. The van der Waals surface area contributed by atoms with Gasteiger partial charge in [0.05, 0.1) is 12.7 Å². The number of thioether (sulfide) groups is 1. The molecule has 3 aromatic rings. The van der Waals surface area contributed by atoms with Gasteiger partial charge in [0.2, 0.25) is 5.13 Å². The average Bonchev–Trinajstić information content (AvgIpc) is 3.20. The molecule has 0 spiro atoms. The van der Waals surface area contributed by atoms with Crippen molar-refractivity contribution in [3.8, 4) is 5.75 Å². The van der Waals surface area contributed by atoms with Gasteiger partial charge in [-0.15, -0.1) is 10.2 Å². The molecule has 0 radical (unpaired) electrons. The monoisotopic (exact) mass is 443 g/mol. The van der Waals surface area contributed by atoms with Crippen molar-refractivity contribution in [3.63, 3.8) is 0 Å². The minimum Gasteiger partial charge on any atom is -0.483 e. The number of methoxy groups -OCH3 is 1. The van der Waals surface area contributed by atoms with E-state index in [0.717, 1.165) is 21.0 Å². The molecule has 0 unspecified atom stereocenters. The summed E-state index contributed by atoms with van der Waals surface area (Å²) in [6.07, 6.45) is 0. The van der Waals surface area contributed by atoms with Crippen LogP contribution in [0.3, 0.4) is 0 Å². The van der Waals surface area contributed by atoms with Crippen LogP contribution in [0.15, 0.2) is 46.8 Å². The third-order valence-electron chi connectivity index (χ3n) is 4.09. The largest absolute Gasteiger partial charge is 0.483 e. The lowest BCUT2D eigenvalue weighted by atomic mass is 10.1. The Kier molecular flexibility index (Phi) is 7.42. The number of hydrogen-bond acceptors (Lipinski definition) is 8. The molecule has 0 aliphatic carbocycles. The number of nitrogens with zero attached hydrogens (tertiary/aromatic N) is 2. The quantitative estimate of drug-likeness (QED) is 0.316. The van der Waals surface area contributed by atoms with Crippen LogP contribution in [0.25, 0.3) is 0 Å². The number of hydrogen-bond donors (Lipinski definition) is 1. The minimum atomic E-state index is -0.361. The second-order valence-corrected chi connectivity index (χ2v) is 8.66. The van der Waals surface area contributed by atoms with Crippen LogP contribution < -0.4 is 10.1 Å². The summed E-state index contributed by atoms with van der Waals surface area (Å²) in [7, 11) is 1.35. The highest BCUT2D eigenvalue weighted by Crippen LogP contribution is 2.28. The Bertz CT molecular complexity index is 1030. The second kappa shape index (κ2) is 10.2. The lowest BCUT2D eigenvalue weighted by Gasteiger charge is -2.09. The number of aromatic nitrogens is 2. The summed E-state index contributed by atoms with van der Waals surface area (Å²) in [4.78, 5) is 23.6. The highest BCUT2D eigenvalue weighted by atomic mass is 32.2. The highest BCUT2D eigenvalue weighted by Gasteiger charge is 2.11. The van der Waals surface area contributed by atoms with Crippen molar-refractivity contribution in [1.82, 2.24) is 10.2 Å². The van der Waals surface area contributed by atoms with Crippen molar-refractivity contribution in [2.75, 3.05) is 19.0 Å². The van der Waals surface area contributed by atoms with E-state index in [1.165, 1.54) is 30.2 Å². The van der Waals surface area contributed by atoms with E-state index in [-0.39, 0.29) is 18.5 Å². The molecule has 3 rings (SSSR count). The number of amides is 1. The van der Waals surface area contributed by atoms with Crippen molar-refractivity contribution in [1.29, 1.82) is 0 Å². The van der Waals surface area contributed by atoms with Crippen molar-refractivity contribution >= 4 is 40.1 Å². The van der Waals surface area contributed by atoms with Crippen molar-refractivity contribution in [2.24, 2.45) is 0 Å². The van der Waals surface area contributed by atoms with E-state index < -0.39 is 0 Å². The molecule has 9 heteroatoms. The Morgan fingerprint density at radius 1 is 1.10 bits per heavy atom. The zero-order valence-electron chi connectivity index (χ0n) is 16.8. The molecule has 0 atom stereocenters. The van der Waals surface area contributed by atoms with Gasteiger partial charge >= 0.3 is 5.97 Å². The number of anilines is 1. The van der Waals surface area contributed by atoms with Crippen LogP contribution >= 0.6 is 23.1 Å². The van der Waals surface area contributed by atoms with Crippen LogP contribution in [-0.4, -0.2) is 35.8 Å². The molecule has 0 bridgehead atoms. The highest BCUT2D eigenvalue weighted by molar-refractivity contribution is 8.00. The van der Waals surface area contributed by atoms with Crippen LogP contribution in [0.4, 0.5) is 5.13 Å². The Labute approximate surface area is 182 Å². The van der Waals surface area contributed by atoms with Crippen LogP contribution in [0.5, 0.6) is 5.75 Å². The van der Waals surface area contributed by atoms with E-state index in [2.05, 4.69) is 20.3 Å². The third-order valence-corrected chi connectivity index (χ3v) is 6.14. The van der Waals surface area contributed by atoms with E-state index in [1.807, 2.05) is 44.2 Å². The van der Waals surface area contributed by atoms with Gasteiger partial charge in [-0.05, 0) is 48.7 Å². The van der Waals surface area contributed by atoms with E-state index >= 15 is 0 Å². The molecule has 0 aliphatic rings. The van der Waals surface area contributed by atoms with Gasteiger partial charge in [0.1, 0.15) is 5.75 Å². The molecular weight excluding hydrogens is 422 g/mol. The van der Waals surface area contributed by atoms with Gasteiger partial charge in [-0.3, -0.25) is 10.1 Å². The molecule has 0 fully saturated rings. The number of esters is 1. The molecule has 2 aromatic carbocycles. The molecule has 1 N–H and O–H groups in total. The van der Waals surface area contributed by atoms with Crippen LogP contribution in [0.1, 0.15) is 27.0 Å². The summed E-state index contributed by atoms with van der Waals surface area (Å²) in [5.41, 5.74) is 3.59. The first-order chi connectivity index (χ1) is 14.4. The number of ether oxygens (including phenoxy) is 2. The van der Waals surface area contributed by atoms with Crippen LogP contribution in [-0.2, 0) is 15.3 Å². The lowest BCUT2D eigenvalue weighted by Crippen LogP contribution is -2.20. The smallest absolute Gasteiger partial charge is 0.337 e. The average molecular weight is 444 g/mol. The van der Waals surface area contributed by atoms with Gasteiger partial charge in [0, 0.05) is 5.75 Å². The fourth-order valence-corrected chi connectivity index (χ4v) is 4.20. The predicted octanol–water partition coefficient (Wildman–Crippen LogP) is 4.25. The van der Waals surface area contributed by atoms with Gasteiger partial charge in [0.15, 0.2) is 10.9 Å². The first kappa shape index (κ1) is 21.8. The summed E-state index contributed by atoms with van der Waals surface area (Å²) in [5.74, 6) is 0.707. The van der Waals surface area contributed by atoms with Gasteiger partial charge in [-0.2, -0.15) is 0 Å². The van der Waals surface area contributed by atoms with Crippen LogP contribution in [0, 0.1) is 13.8 Å². The number of aryl methyl sites for hydroxylation is 2. The normalized spacial score (nSPS) is 10.5. The van der Waals surface area contributed by atoms with E-state index in [4.69, 9.17) is 4.74 Å². The van der Waals surface area contributed by atoms with Crippen LogP contribution in [0.2, 0.25) is 0 Å². The molecule has 1 heterocycles. The molecule has 1 aromatic heterocycles. The van der Waals surface area contributed by atoms with Crippen molar-refractivity contribution in [3.05, 3.63) is 64.7 Å². The van der Waals surface area contributed by atoms with Gasteiger partial charge in [0.25, 0.3) is 5.91 Å². The van der Waals surface area contributed by atoms with Crippen molar-refractivity contribution in [2.45, 2.75) is 23.9 Å². The van der Waals surface area contributed by atoms with E-state index in [9.17, 15) is 9.59 Å². The number of carbonyl (C=O) groups excluding carboxylic acids is 2. The van der Waals surface area contributed by atoms with Gasteiger partial charge < -0.3 is 9.47 Å². The molecule has 0 aliphatic heterocycles. The molecule has 1 amide bonds.